The number of nitrogens with one attached hydrogen (secondary N) is 2. The summed E-state index contributed by atoms with van der Waals surface area (Å²) >= 11 is 0. The van der Waals surface area contributed by atoms with Crippen molar-refractivity contribution >= 4 is 29.3 Å². The minimum absolute atomic E-state index is 0.0354. The normalized spacial score (nSPS) is 25.5. The number of benzene rings is 1. The van der Waals surface area contributed by atoms with Crippen LogP contribution in [0, 0.1) is 17.8 Å². The van der Waals surface area contributed by atoms with Gasteiger partial charge in [0.1, 0.15) is 11.4 Å². The summed E-state index contributed by atoms with van der Waals surface area (Å²) in [4.78, 5) is 37.1. The highest BCUT2D eigenvalue weighted by atomic mass is 19.4. The summed E-state index contributed by atoms with van der Waals surface area (Å²) in [6, 6.07) is 6.36. The lowest BCUT2D eigenvalue weighted by molar-refractivity contribution is -0.137. The molecule has 2 bridgehead atoms. The third-order valence-corrected chi connectivity index (χ3v) is 8.59. The number of nitrogens with zero attached hydrogens (tertiary/aromatic N) is 4. The number of halogens is 3. The first-order chi connectivity index (χ1) is 18.5. The minimum Gasteiger partial charge on any atom is -0.369 e. The van der Waals surface area contributed by atoms with E-state index in [1.54, 1.807) is 29.2 Å². The molecule has 39 heavy (non-hydrogen) atoms. The maximum atomic E-state index is 13.8. The highest BCUT2D eigenvalue weighted by Gasteiger charge is 2.51. The standard InChI is InChI=1S/C27H34F3N7O2/c1-36-11-9-19(10-12-36)37(2)25(39)15-5-7-18(8-6-15)33-26-32-14-20(27(28,29)30)24(35-26)34-22-17-4-3-16(13-17)21(22)23(31)38/h5-8,14,16-17,19,21-22H,3-4,9-13H2,1-2H3,(H2,31,38)(H2,32,33,34,35)/t16-,17+,21-,22+/m1/s1. The lowest BCUT2D eigenvalue weighted by Gasteiger charge is -2.35. The monoisotopic (exact) mass is 545 g/mol. The van der Waals surface area contributed by atoms with Gasteiger partial charge in [0, 0.05) is 36.6 Å². The molecule has 2 heterocycles. The second-order valence-electron chi connectivity index (χ2n) is 11.0. The number of hydrogen-bond donors (Lipinski definition) is 3. The van der Waals surface area contributed by atoms with Gasteiger partial charge in [0.05, 0.1) is 5.92 Å². The lowest BCUT2D eigenvalue weighted by atomic mass is 9.84. The molecule has 1 aromatic heterocycles. The molecular weight excluding hydrogens is 511 g/mol. The molecule has 9 nitrogen and oxygen atoms in total. The minimum atomic E-state index is -4.68. The van der Waals surface area contributed by atoms with E-state index >= 15 is 0 Å². The quantitative estimate of drug-likeness (QED) is 0.486. The van der Waals surface area contributed by atoms with Crippen molar-refractivity contribution < 1.29 is 22.8 Å². The van der Waals surface area contributed by atoms with Gasteiger partial charge in [-0.2, -0.15) is 18.2 Å². The number of anilines is 3. The van der Waals surface area contributed by atoms with Gasteiger partial charge in [0.25, 0.3) is 5.91 Å². The Morgan fingerprint density at radius 3 is 2.38 bits per heavy atom. The lowest BCUT2D eigenvalue weighted by Crippen LogP contribution is -2.44. The van der Waals surface area contributed by atoms with Crippen molar-refractivity contribution in [1.29, 1.82) is 0 Å². The van der Waals surface area contributed by atoms with Crippen molar-refractivity contribution in [2.45, 2.75) is 50.4 Å². The predicted octanol–water partition coefficient (Wildman–Crippen LogP) is 3.72. The molecule has 2 aliphatic carbocycles. The van der Waals surface area contributed by atoms with E-state index in [-0.39, 0.29) is 35.6 Å². The summed E-state index contributed by atoms with van der Waals surface area (Å²) in [6.07, 6.45) is 0.347. The van der Waals surface area contributed by atoms with Crippen LogP contribution >= 0.6 is 0 Å². The smallest absolute Gasteiger partial charge is 0.369 e. The molecule has 2 aromatic rings. The van der Waals surface area contributed by atoms with Gasteiger partial charge >= 0.3 is 6.18 Å². The van der Waals surface area contributed by atoms with Crippen LogP contribution in [0.15, 0.2) is 30.5 Å². The number of aromatic nitrogens is 2. The summed E-state index contributed by atoms with van der Waals surface area (Å²) in [6.45, 7) is 1.89. The second kappa shape index (κ2) is 10.6. The van der Waals surface area contributed by atoms with Crippen LogP contribution in [0.1, 0.15) is 48.0 Å². The van der Waals surface area contributed by atoms with Crippen LogP contribution in [0.4, 0.5) is 30.6 Å². The third kappa shape index (κ3) is 5.66. The molecule has 1 saturated heterocycles. The first-order valence-electron chi connectivity index (χ1n) is 13.3. The number of likely N-dealkylation sites (tertiary alicyclic amines) is 1. The molecule has 5 rings (SSSR count). The zero-order valence-electron chi connectivity index (χ0n) is 22.0. The first kappa shape index (κ1) is 27.2. The molecule has 0 spiro atoms. The van der Waals surface area contributed by atoms with Gasteiger partial charge in [-0.1, -0.05) is 0 Å². The molecule has 2 saturated carbocycles. The van der Waals surface area contributed by atoms with E-state index in [0.29, 0.717) is 11.3 Å². The number of fused-ring (bicyclic) bond motifs is 2. The van der Waals surface area contributed by atoms with Crippen LogP contribution in [0.25, 0.3) is 0 Å². The third-order valence-electron chi connectivity index (χ3n) is 8.59. The maximum Gasteiger partial charge on any atom is 0.421 e. The average molecular weight is 546 g/mol. The van der Waals surface area contributed by atoms with Gasteiger partial charge in [-0.25, -0.2) is 4.98 Å². The summed E-state index contributed by atoms with van der Waals surface area (Å²) in [5.41, 5.74) is 5.65. The predicted molar refractivity (Wildman–Crippen MR) is 140 cm³/mol. The van der Waals surface area contributed by atoms with Crippen molar-refractivity contribution in [3.63, 3.8) is 0 Å². The number of alkyl halides is 3. The van der Waals surface area contributed by atoms with E-state index in [0.717, 1.165) is 51.4 Å². The van der Waals surface area contributed by atoms with E-state index in [1.807, 2.05) is 7.05 Å². The van der Waals surface area contributed by atoms with Gasteiger partial charge in [0.15, 0.2) is 0 Å². The average Bonchev–Trinajstić information content (AvgIpc) is 3.50. The molecule has 12 heteroatoms. The molecule has 1 aliphatic heterocycles. The SMILES string of the molecule is CN1CCC(N(C)C(=O)c2ccc(Nc3ncc(C(F)(F)F)c(N[C@H]4[C@H]5CC[C@H](C5)[C@H]4C(N)=O)n3)cc2)CC1. The van der Waals surface area contributed by atoms with Gasteiger partial charge in [-0.05, 0) is 88.3 Å². The van der Waals surface area contributed by atoms with Crippen molar-refractivity contribution in [2.75, 3.05) is 37.8 Å². The molecule has 0 radical (unpaired) electrons. The zero-order chi connectivity index (χ0) is 27.9. The number of primary amides is 1. The topological polar surface area (TPSA) is 116 Å². The molecule has 0 unspecified atom stereocenters. The van der Waals surface area contributed by atoms with Crippen LogP contribution in [-0.4, -0.2) is 70.9 Å². The molecule has 3 fully saturated rings. The van der Waals surface area contributed by atoms with E-state index in [2.05, 4.69) is 32.5 Å². The Balaban J connectivity index is 1.31. The van der Waals surface area contributed by atoms with E-state index in [9.17, 15) is 22.8 Å². The maximum absolute atomic E-state index is 13.8. The van der Waals surface area contributed by atoms with Crippen LogP contribution in [0.5, 0.6) is 0 Å². The number of amides is 2. The summed E-state index contributed by atoms with van der Waals surface area (Å²) in [5, 5.41) is 5.84. The van der Waals surface area contributed by atoms with Crippen LogP contribution in [0.3, 0.4) is 0 Å². The summed E-state index contributed by atoms with van der Waals surface area (Å²) in [7, 11) is 3.88. The first-order valence-corrected chi connectivity index (χ1v) is 13.3. The van der Waals surface area contributed by atoms with E-state index in [4.69, 9.17) is 5.73 Å². The van der Waals surface area contributed by atoms with Gasteiger partial charge < -0.3 is 26.2 Å². The summed E-state index contributed by atoms with van der Waals surface area (Å²) in [5.74, 6) is -1.38. The summed E-state index contributed by atoms with van der Waals surface area (Å²) < 4.78 is 41.4. The highest BCUT2D eigenvalue weighted by molar-refractivity contribution is 5.94. The number of nitrogens with two attached hydrogens (primary N) is 1. The van der Waals surface area contributed by atoms with Crippen LogP contribution < -0.4 is 16.4 Å². The molecule has 4 atom stereocenters. The van der Waals surface area contributed by atoms with E-state index in [1.165, 1.54) is 0 Å². The Labute approximate surface area is 225 Å². The highest BCUT2D eigenvalue weighted by Crippen LogP contribution is 2.50. The molecule has 210 valence electrons. The molecule has 3 aliphatic rings. The Hall–Kier alpha value is -3.41. The van der Waals surface area contributed by atoms with Crippen LogP contribution in [-0.2, 0) is 11.0 Å². The molecule has 1 aromatic carbocycles. The van der Waals surface area contributed by atoms with Crippen molar-refractivity contribution in [3.8, 4) is 0 Å². The fraction of sp³-hybridized carbons (Fsp3) is 0.556. The number of piperidine rings is 1. The van der Waals surface area contributed by atoms with Crippen molar-refractivity contribution in [3.05, 3.63) is 41.6 Å². The molecule has 4 N–H and O–H groups in total. The second-order valence-corrected chi connectivity index (χ2v) is 11.0. The van der Waals surface area contributed by atoms with Gasteiger partial charge in [-0.3, -0.25) is 9.59 Å². The largest absolute Gasteiger partial charge is 0.421 e. The van der Waals surface area contributed by atoms with Gasteiger partial charge in [-0.15, -0.1) is 0 Å². The fourth-order valence-electron chi connectivity index (χ4n) is 6.40. The number of carbonyl (C=O) groups is 2. The number of hydrogen-bond acceptors (Lipinski definition) is 7. The van der Waals surface area contributed by atoms with Crippen molar-refractivity contribution in [1.82, 2.24) is 19.8 Å². The Morgan fingerprint density at radius 2 is 1.74 bits per heavy atom. The molecular formula is C27H34F3N7O2. The Bertz CT molecular complexity index is 1210. The molecule has 2 amide bonds. The van der Waals surface area contributed by atoms with E-state index < -0.39 is 29.6 Å². The zero-order valence-corrected chi connectivity index (χ0v) is 22.0. The Kier molecular flexibility index (Phi) is 7.41. The van der Waals surface area contributed by atoms with Crippen LogP contribution in [0.2, 0.25) is 0 Å². The Morgan fingerprint density at radius 1 is 1.08 bits per heavy atom. The number of rotatable bonds is 7. The van der Waals surface area contributed by atoms with Gasteiger partial charge in [0.2, 0.25) is 11.9 Å². The fourth-order valence-corrected chi connectivity index (χ4v) is 6.40. The number of carbonyl (C=O) groups excluding carboxylic acids is 2. The van der Waals surface area contributed by atoms with Crippen molar-refractivity contribution in [2.24, 2.45) is 23.5 Å².